The van der Waals surface area contributed by atoms with Gasteiger partial charge < -0.3 is 15.0 Å². The molecule has 3 rings (SSSR count). The van der Waals surface area contributed by atoms with Crippen LogP contribution >= 0.6 is 0 Å². The summed E-state index contributed by atoms with van der Waals surface area (Å²) in [5, 5.41) is 14.4. The van der Waals surface area contributed by atoms with E-state index in [1.54, 1.807) is 6.20 Å². The number of benzene rings is 2. The summed E-state index contributed by atoms with van der Waals surface area (Å²) in [4.78, 5) is 38.1. The number of carbonyl (C=O) groups is 2. The van der Waals surface area contributed by atoms with Gasteiger partial charge in [0, 0.05) is 41.2 Å². The van der Waals surface area contributed by atoms with Gasteiger partial charge in [-0.1, -0.05) is 24.3 Å². The highest BCUT2D eigenvalue weighted by atomic mass is 16.6. The van der Waals surface area contributed by atoms with Crippen molar-refractivity contribution < 1.29 is 19.2 Å². The van der Waals surface area contributed by atoms with Crippen LogP contribution in [0.5, 0.6) is 0 Å². The number of carbonyl (C=O) groups excluding carboxylic acids is 2. The Morgan fingerprint density at radius 2 is 2.00 bits per heavy atom. The number of nitro benzene ring substituents is 1. The number of non-ortho nitro benzene ring substituents is 1. The molecule has 8 nitrogen and oxygen atoms in total. The van der Waals surface area contributed by atoms with E-state index < -0.39 is 22.8 Å². The molecule has 1 amide bonds. The molecule has 0 fully saturated rings. The number of aromatic amines is 1. The predicted molar refractivity (Wildman–Crippen MR) is 98.4 cm³/mol. The average molecular weight is 367 g/mol. The van der Waals surface area contributed by atoms with E-state index in [0.717, 1.165) is 22.5 Å². The number of methoxy groups -OCH3 is 1. The first kappa shape index (κ1) is 18.1. The summed E-state index contributed by atoms with van der Waals surface area (Å²) in [6.45, 7) is 0. The van der Waals surface area contributed by atoms with E-state index in [-0.39, 0.29) is 17.7 Å². The average Bonchev–Trinajstić information content (AvgIpc) is 3.09. The van der Waals surface area contributed by atoms with E-state index in [4.69, 9.17) is 4.74 Å². The lowest BCUT2D eigenvalue weighted by Crippen LogP contribution is -2.43. The normalized spacial score (nSPS) is 11.7. The monoisotopic (exact) mass is 367 g/mol. The fourth-order valence-electron chi connectivity index (χ4n) is 2.86. The number of hydrogen-bond acceptors (Lipinski definition) is 5. The third-order valence-corrected chi connectivity index (χ3v) is 4.21. The molecule has 138 valence electrons. The quantitative estimate of drug-likeness (QED) is 0.395. The number of amides is 1. The minimum absolute atomic E-state index is 0.0945. The van der Waals surface area contributed by atoms with E-state index in [9.17, 15) is 19.7 Å². The second-order valence-corrected chi connectivity index (χ2v) is 5.92. The lowest BCUT2D eigenvalue weighted by molar-refractivity contribution is -0.384. The van der Waals surface area contributed by atoms with Crippen LogP contribution in [-0.4, -0.2) is 34.9 Å². The molecule has 0 spiro atoms. The summed E-state index contributed by atoms with van der Waals surface area (Å²) in [5.74, 6) is -1.19. The van der Waals surface area contributed by atoms with Gasteiger partial charge in [0.15, 0.2) is 0 Å². The molecule has 0 aliphatic carbocycles. The van der Waals surface area contributed by atoms with Crippen LogP contribution in [0.2, 0.25) is 0 Å². The summed E-state index contributed by atoms with van der Waals surface area (Å²) in [5.41, 5.74) is 1.66. The zero-order chi connectivity index (χ0) is 19.4. The van der Waals surface area contributed by atoms with Gasteiger partial charge in [-0.15, -0.1) is 0 Å². The minimum Gasteiger partial charge on any atom is -0.467 e. The van der Waals surface area contributed by atoms with Crippen molar-refractivity contribution in [1.82, 2.24) is 10.3 Å². The molecule has 27 heavy (non-hydrogen) atoms. The fourth-order valence-corrected chi connectivity index (χ4v) is 2.86. The highest BCUT2D eigenvalue weighted by Crippen LogP contribution is 2.20. The zero-order valence-corrected chi connectivity index (χ0v) is 14.5. The highest BCUT2D eigenvalue weighted by molar-refractivity contribution is 5.97. The van der Waals surface area contributed by atoms with E-state index in [2.05, 4.69) is 10.3 Å². The number of rotatable bonds is 6. The first-order chi connectivity index (χ1) is 13.0. The lowest BCUT2D eigenvalue weighted by Gasteiger charge is -2.16. The molecule has 0 radical (unpaired) electrons. The largest absolute Gasteiger partial charge is 0.467 e. The number of nitrogens with one attached hydrogen (secondary N) is 2. The molecule has 0 aliphatic rings. The number of para-hydroxylation sites is 1. The van der Waals surface area contributed by atoms with Crippen LogP contribution in [0.15, 0.2) is 54.7 Å². The Labute approximate surface area is 154 Å². The van der Waals surface area contributed by atoms with Gasteiger partial charge in [0.1, 0.15) is 6.04 Å². The number of H-pyrrole nitrogens is 1. The van der Waals surface area contributed by atoms with Gasteiger partial charge in [-0.25, -0.2) is 4.79 Å². The number of ether oxygens (including phenoxy) is 1. The maximum absolute atomic E-state index is 12.5. The molecule has 3 aromatic rings. The second kappa shape index (κ2) is 7.69. The third kappa shape index (κ3) is 3.95. The van der Waals surface area contributed by atoms with Crippen LogP contribution in [0, 0.1) is 10.1 Å². The summed E-state index contributed by atoms with van der Waals surface area (Å²) < 4.78 is 4.80. The Hall–Kier alpha value is -3.68. The molecule has 1 heterocycles. The first-order valence-electron chi connectivity index (χ1n) is 8.17. The zero-order valence-electron chi connectivity index (χ0n) is 14.5. The standard InChI is InChI=1S/C19H17N3O5/c1-27-19(24)17(10-13-11-20-16-8-3-2-7-15(13)16)21-18(23)12-5-4-6-14(9-12)22(25)26/h2-9,11,17,20H,10H2,1H3,(H,21,23)/t17-/m0/s1. The highest BCUT2D eigenvalue weighted by Gasteiger charge is 2.24. The van der Waals surface area contributed by atoms with E-state index in [1.807, 2.05) is 24.3 Å². The number of nitro groups is 1. The molecule has 0 saturated heterocycles. The van der Waals surface area contributed by atoms with Crippen LogP contribution in [0.3, 0.4) is 0 Å². The van der Waals surface area contributed by atoms with Crippen molar-refractivity contribution in [3.8, 4) is 0 Å². The lowest BCUT2D eigenvalue weighted by atomic mass is 10.0. The van der Waals surface area contributed by atoms with Crippen molar-refractivity contribution in [1.29, 1.82) is 0 Å². The van der Waals surface area contributed by atoms with Crippen molar-refractivity contribution in [2.45, 2.75) is 12.5 Å². The summed E-state index contributed by atoms with van der Waals surface area (Å²) in [7, 11) is 1.24. The second-order valence-electron chi connectivity index (χ2n) is 5.92. The smallest absolute Gasteiger partial charge is 0.328 e. The topological polar surface area (TPSA) is 114 Å². The number of aromatic nitrogens is 1. The molecule has 0 aliphatic heterocycles. The molecule has 1 atom stereocenters. The Balaban J connectivity index is 1.83. The molecular weight excluding hydrogens is 350 g/mol. The minimum atomic E-state index is -0.930. The molecule has 0 unspecified atom stereocenters. The van der Waals surface area contributed by atoms with Crippen LogP contribution < -0.4 is 5.32 Å². The first-order valence-corrected chi connectivity index (χ1v) is 8.17. The Morgan fingerprint density at radius 1 is 1.22 bits per heavy atom. The Morgan fingerprint density at radius 3 is 2.74 bits per heavy atom. The maximum atomic E-state index is 12.5. The SMILES string of the molecule is COC(=O)[C@H](Cc1c[nH]c2ccccc12)NC(=O)c1cccc([N+](=O)[O-])c1. The third-order valence-electron chi connectivity index (χ3n) is 4.21. The Kier molecular flexibility index (Phi) is 5.16. The van der Waals surface area contributed by atoms with Gasteiger partial charge in [-0.2, -0.15) is 0 Å². The summed E-state index contributed by atoms with van der Waals surface area (Å²) in [6, 6.07) is 12.0. The van der Waals surface area contributed by atoms with Gasteiger partial charge in [-0.3, -0.25) is 14.9 Å². The van der Waals surface area contributed by atoms with Crippen LogP contribution in [0.25, 0.3) is 10.9 Å². The number of esters is 1. The van der Waals surface area contributed by atoms with Crippen molar-refractivity contribution in [2.24, 2.45) is 0 Å². The van der Waals surface area contributed by atoms with E-state index in [1.165, 1.54) is 25.3 Å². The summed E-state index contributed by atoms with van der Waals surface area (Å²) >= 11 is 0. The molecule has 0 bridgehead atoms. The number of hydrogen-bond donors (Lipinski definition) is 2. The van der Waals surface area contributed by atoms with Gasteiger partial charge in [0.2, 0.25) is 0 Å². The number of fused-ring (bicyclic) bond motifs is 1. The van der Waals surface area contributed by atoms with Crippen LogP contribution in [0.1, 0.15) is 15.9 Å². The van der Waals surface area contributed by atoms with E-state index in [0.29, 0.717) is 0 Å². The van der Waals surface area contributed by atoms with Crippen LogP contribution in [-0.2, 0) is 16.0 Å². The molecule has 1 aromatic heterocycles. The fraction of sp³-hybridized carbons (Fsp3) is 0.158. The Bertz CT molecular complexity index is 1010. The molecule has 2 aromatic carbocycles. The van der Waals surface area contributed by atoms with Crippen molar-refractivity contribution in [3.05, 3.63) is 76.0 Å². The van der Waals surface area contributed by atoms with Crippen molar-refractivity contribution >= 4 is 28.5 Å². The predicted octanol–water partition coefficient (Wildman–Crippen LogP) is 2.59. The molecular formula is C19H17N3O5. The van der Waals surface area contributed by atoms with Gasteiger partial charge in [0.25, 0.3) is 11.6 Å². The molecule has 8 heteroatoms. The van der Waals surface area contributed by atoms with Crippen molar-refractivity contribution in [2.75, 3.05) is 7.11 Å². The van der Waals surface area contributed by atoms with Crippen LogP contribution in [0.4, 0.5) is 5.69 Å². The molecule has 0 saturated carbocycles. The maximum Gasteiger partial charge on any atom is 0.328 e. The summed E-state index contributed by atoms with van der Waals surface area (Å²) in [6.07, 6.45) is 2.00. The number of nitrogens with zero attached hydrogens (tertiary/aromatic N) is 1. The molecule has 2 N–H and O–H groups in total. The van der Waals surface area contributed by atoms with Gasteiger partial charge >= 0.3 is 5.97 Å². The van der Waals surface area contributed by atoms with Crippen molar-refractivity contribution in [3.63, 3.8) is 0 Å². The van der Waals surface area contributed by atoms with Gasteiger partial charge in [0.05, 0.1) is 12.0 Å². The van der Waals surface area contributed by atoms with E-state index >= 15 is 0 Å². The van der Waals surface area contributed by atoms with Gasteiger partial charge in [-0.05, 0) is 17.7 Å².